The molecule has 3 N–H and O–H groups in total. The van der Waals surface area contributed by atoms with E-state index in [4.69, 9.17) is 15.8 Å². The zero-order valence-corrected chi connectivity index (χ0v) is 10.0. The second kappa shape index (κ2) is 5.22. The molecule has 0 spiro atoms. The summed E-state index contributed by atoms with van der Waals surface area (Å²) in [6, 6.07) is 6.34. The zero-order chi connectivity index (χ0) is 14.8. The van der Waals surface area contributed by atoms with Gasteiger partial charge in [-0.2, -0.15) is 18.4 Å². The minimum absolute atomic E-state index is 0.0270. The molecule has 0 saturated carbocycles. The van der Waals surface area contributed by atoms with E-state index < -0.39 is 12.8 Å². The third-order valence-corrected chi connectivity index (χ3v) is 2.52. The predicted molar refractivity (Wildman–Crippen MR) is 65.8 cm³/mol. The van der Waals surface area contributed by atoms with E-state index in [0.717, 1.165) is 0 Å². The molecule has 1 aromatic carbocycles. The van der Waals surface area contributed by atoms with E-state index in [9.17, 15) is 13.2 Å². The van der Waals surface area contributed by atoms with Crippen molar-refractivity contribution < 1.29 is 17.9 Å². The van der Waals surface area contributed by atoms with Crippen LogP contribution in [0.3, 0.4) is 0 Å². The van der Waals surface area contributed by atoms with Crippen molar-refractivity contribution in [2.45, 2.75) is 6.18 Å². The summed E-state index contributed by atoms with van der Waals surface area (Å²) < 4.78 is 41.3. The van der Waals surface area contributed by atoms with Crippen molar-refractivity contribution in [2.75, 3.05) is 12.0 Å². The van der Waals surface area contributed by atoms with Crippen LogP contribution in [0.5, 0.6) is 5.75 Å². The van der Waals surface area contributed by atoms with Crippen molar-refractivity contribution in [3.8, 4) is 11.8 Å². The van der Waals surface area contributed by atoms with E-state index in [0.29, 0.717) is 5.39 Å². The van der Waals surface area contributed by atoms with E-state index in [-0.39, 0.29) is 22.5 Å². The van der Waals surface area contributed by atoms with Gasteiger partial charge in [0.25, 0.3) is 0 Å². The molecule has 0 unspecified atom stereocenters. The van der Waals surface area contributed by atoms with Gasteiger partial charge in [-0.05, 0) is 6.07 Å². The Balaban J connectivity index is 2.51. The summed E-state index contributed by atoms with van der Waals surface area (Å²) in [7, 11) is 0. The van der Waals surface area contributed by atoms with Crippen molar-refractivity contribution in [1.29, 1.82) is 5.26 Å². The van der Waals surface area contributed by atoms with E-state index in [1.54, 1.807) is 6.07 Å². The summed E-state index contributed by atoms with van der Waals surface area (Å²) in [4.78, 5) is 3.95. The lowest BCUT2D eigenvalue weighted by molar-refractivity contribution is -0.153. The fraction of sp³-hybridized carbons (Fsp3) is 0.167. The number of nitrogen functional groups attached to an aromatic ring is 1. The Kier molecular flexibility index (Phi) is 3.63. The van der Waals surface area contributed by atoms with Crippen LogP contribution in [0.25, 0.3) is 10.9 Å². The standard InChI is InChI=1S/C12H9F3N4O/c13-12(14,15)6-20-9-3-1-2-8-10(19-17)7(4-16)5-18-11(8)9/h1-3,5H,6,17H2,(H,18,19). The monoisotopic (exact) mass is 282 g/mol. The largest absolute Gasteiger partial charge is 0.482 e. The maximum atomic E-state index is 12.2. The molecule has 0 saturated heterocycles. The fourth-order valence-electron chi connectivity index (χ4n) is 1.71. The minimum Gasteiger partial charge on any atom is -0.482 e. The number of para-hydroxylation sites is 1. The molecule has 0 amide bonds. The van der Waals surface area contributed by atoms with Crippen LogP contribution in [-0.2, 0) is 0 Å². The van der Waals surface area contributed by atoms with Gasteiger partial charge in [-0.1, -0.05) is 12.1 Å². The van der Waals surface area contributed by atoms with Gasteiger partial charge in [0, 0.05) is 11.6 Å². The Morgan fingerprint density at radius 3 is 2.75 bits per heavy atom. The molecule has 20 heavy (non-hydrogen) atoms. The average molecular weight is 282 g/mol. The number of rotatable bonds is 3. The van der Waals surface area contributed by atoms with E-state index in [1.807, 2.05) is 6.07 Å². The fourth-order valence-corrected chi connectivity index (χ4v) is 1.71. The van der Waals surface area contributed by atoms with Crippen LogP contribution in [0.2, 0.25) is 0 Å². The first kappa shape index (κ1) is 13.9. The molecule has 0 fully saturated rings. The molecule has 1 heterocycles. The van der Waals surface area contributed by atoms with Crippen LogP contribution < -0.4 is 16.0 Å². The predicted octanol–water partition coefficient (Wildman–Crippen LogP) is 2.33. The molecule has 0 aliphatic rings. The number of nitrogens with two attached hydrogens (primary N) is 1. The van der Waals surface area contributed by atoms with E-state index in [2.05, 4.69) is 10.4 Å². The molecule has 0 aliphatic carbocycles. The molecule has 0 aliphatic heterocycles. The molecule has 0 atom stereocenters. The van der Waals surface area contributed by atoms with Gasteiger partial charge >= 0.3 is 6.18 Å². The third-order valence-electron chi connectivity index (χ3n) is 2.52. The van der Waals surface area contributed by atoms with Crippen LogP contribution in [0.4, 0.5) is 18.9 Å². The summed E-state index contributed by atoms with van der Waals surface area (Å²) in [6.45, 7) is -1.42. The topological polar surface area (TPSA) is 84.0 Å². The summed E-state index contributed by atoms with van der Waals surface area (Å²) in [5.41, 5.74) is 3.02. The number of pyridine rings is 1. The van der Waals surface area contributed by atoms with Gasteiger partial charge in [-0.3, -0.25) is 10.8 Å². The Labute approximate surface area is 111 Å². The van der Waals surface area contributed by atoms with Gasteiger partial charge in [0.15, 0.2) is 6.61 Å². The number of alkyl halides is 3. The number of aromatic nitrogens is 1. The number of halogens is 3. The van der Waals surface area contributed by atoms with Gasteiger partial charge in [0.05, 0.1) is 11.3 Å². The minimum atomic E-state index is -4.44. The lowest BCUT2D eigenvalue weighted by Crippen LogP contribution is -2.19. The van der Waals surface area contributed by atoms with Crippen LogP contribution in [-0.4, -0.2) is 17.8 Å². The van der Waals surface area contributed by atoms with E-state index in [1.165, 1.54) is 18.3 Å². The number of nitriles is 1. The SMILES string of the molecule is N#Cc1cnc2c(OCC(F)(F)F)cccc2c1NN. The highest BCUT2D eigenvalue weighted by molar-refractivity contribution is 5.96. The molecule has 2 aromatic rings. The first-order valence-corrected chi connectivity index (χ1v) is 5.44. The summed E-state index contributed by atoms with van der Waals surface area (Å²) in [5.74, 6) is 5.31. The van der Waals surface area contributed by atoms with Crippen LogP contribution in [0.15, 0.2) is 24.4 Å². The van der Waals surface area contributed by atoms with Gasteiger partial charge in [-0.15, -0.1) is 0 Å². The van der Waals surface area contributed by atoms with Crippen LogP contribution in [0.1, 0.15) is 5.56 Å². The van der Waals surface area contributed by atoms with Crippen molar-refractivity contribution in [2.24, 2.45) is 5.84 Å². The van der Waals surface area contributed by atoms with Crippen molar-refractivity contribution >= 4 is 16.6 Å². The number of hydrazine groups is 1. The van der Waals surface area contributed by atoms with Gasteiger partial charge in [-0.25, -0.2) is 0 Å². The second-order valence-corrected chi connectivity index (χ2v) is 3.86. The number of nitrogens with zero attached hydrogens (tertiary/aromatic N) is 2. The molecule has 5 nitrogen and oxygen atoms in total. The number of ether oxygens (including phenoxy) is 1. The highest BCUT2D eigenvalue weighted by Crippen LogP contribution is 2.31. The van der Waals surface area contributed by atoms with Gasteiger partial charge < -0.3 is 10.2 Å². The quantitative estimate of drug-likeness (QED) is 0.666. The second-order valence-electron chi connectivity index (χ2n) is 3.86. The lowest BCUT2D eigenvalue weighted by atomic mass is 10.1. The van der Waals surface area contributed by atoms with Gasteiger partial charge in [0.2, 0.25) is 0 Å². The normalized spacial score (nSPS) is 11.2. The smallest absolute Gasteiger partial charge is 0.422 e. The van der Waals surface area contributed by atoms with Gasteiger partial charge in [0.1, 0.15) is 17.3 Å². The van der Waals surface area contributed by atoms with Crippen molar-refractivity contribution in [1.82, 2.24) is 4.98 Å². The Hall–Kier alpha value is -2.53. The van der Waals surface area contributed by atoms with Crippen LogP contribution >= 0.6 is 0 Å². The number of anilines is 1. The molecule has 0 bridgehead atoms. The summed E-state index contributed by atoms with van der Waals surface area (Å²) in [6.07, 6.45) is -3.22. The zero-order valence-electron chi connectivity index (χ0n) is 10.0. The van der Waals surface area contributed by atoms with Crippen molar-refractivity contribution in [3.63, 3.8) is 0 Å². The Bertz CT molecular complexity index is 679. The highest BCUT2D eigenvalue weighted by atomic mass is 19.4. The molecular formula is C12H9F3N4O. The first-order chi connectivity index (χ1) is 9.46. The Morgan fingerprint density at radius 1 is 1.40 bits per heavy atom. The number of nitrogens with one attached hydrogen (secondary N) is 1. The third kappa shape index (κ3) is 2.73. The molecule has 1 aromatic heterocycles. The molecule has 0 radical (unpaired) electrons. The molecule has 8 heteroatoms. The number of hydrogen-bond donors (Lipinski definition) is 2. The van der Waals surface area contributed by atoms with Crippen LogP contribution in [0, 0.1) is 11.3 Å². The maximum Gasteiger partial charge on any atom is 0.422 e. The Morgan fingerprint density at radius 2 is 2.15 bits per heavy atom. The summed E-state index contributed by atoms with van der Waals surface area (Å²) in [5, 5.41) is 9.33. The summed E-state index contributed by atoms with van der Waals surface area (Å²) >= 11 is 0. The van der Waals surface area contributed by atoms with E-state index >= 15 is 0 Å². The maximum absolute atomic E-state index is 12.2. The number of hydrogen-bond acceptors (Lipinski definition) is 5. The highest BCUT2D eigenvalue weighted by Gasteiger charge is 2.28. The van der Waals surface area contributed by atoms with Crippen molar-refractivity contribution in [3.05, 3.63) is 30.0 Å². The molecule has 104 valence electrons. The molecule has 2 rings (SSSR count). The first-order valence-electron chi connectivity index (χ1n) is 5.44. The number of benzene rings is 1. The number of fused-ring (bicyclic) bond motifs is 1. The molecular weight excluding hydrogens is 273 g/mol. The lowest BCUT2D eigenvalue weighted by Gasteiger charge is -2.13. The average Bonchev–Trinajstić information content (AvgIpc) is 2.42.